The van der Waals surface area contributed by atoms with Gasteiger partial charge in [0.1, 0.15) is 12.4 Å². The number of morpholine rings is 1. The number of ketones is 1. The molecule has 0 amide bonds. The lowest BCUT2D eigenvalue weighted by atomic mass is 10.1. The zero-order valence-corrected chi connectivity index (χ0v) is 17.3. The molecule has 0 saturated carbocycles. The zero-order chi connectivity index (χ0) is 21.6. The lowest BCUT2D eigenvalue weighted by Gasteiger charge is -2.26. The summed E-state index contributed by atoms with van der Waals surface area (Å²) in [5, 5.41) is 0. The normalized spacial score (nSPS) is 15.9. The molecule has 8 heteroatoms. The summed E-state index contributed by atoms with van der Waals surface area (Å²) in [7, 11) is 1.40. The Labute approximate surface area is 179 Å². The minimum absolute atomic E-state index is 0.0984. The van der Waals surface area contributed by atoms with Crippen LogP contribution in [-0.2, 0) is 4.74 Å². The molecule has 164 valence electrons. The fourth-order valence-electron chi connectivity index (χ4n) is 3.39. The second-order valence-electron chi connectivity index (χ2n) is 7.10. The van der Waals surface area contributed by atoms with Gasteiger partial charge in [-0.1, -0.05) is 12.1 Å². The molecule has 1 saturated heterocycles. The first kappa shape index (κ1) is 21.1. The summed E-state index contributed by atoms with van der Waals surface area (Å²) in [4.78, 5) is 15.1. The lowest BCUT2D eigenvalue weighted by molar-refractivity contribution is 0.0322. The van der Waals surface area contributed by atoms with Crippen molar-refractivity contribution in [3.8, 4) is 23.0 Å². The first-order valence-corrected chi connectivity index (χ1v) is 10.1. The van der Waals surface area contributed by atoms with Crippen LogP contribution in [0.4, 0.5) is 4.39 Å². The van der Waals surface area contributed by atoms with Gasteiger partial charge in [0.2, 0.25) is 6.79 Å². The maximum absolute atomic E-state index is 13.9. The van der Waals surface area contributed by atoms with Crippen LogP contribution in [0, 0.1) is 5.82 Å². The molecule has 2 aromatic carbocycles. The number of ether oxygens (including phenoxy) is 5. The average Bonchev–Trinajstić information content (AvgIpc) is 3.25. The van der Waals surface area contributed by atoms with Crippen LogP contribution in [0.25, 0.3) is 6.08 Å². The van der Waals surface area contributed by atoms with Gasteiger partial charge in [-0.2, -0.15) is 0 Å². The van der Waals surface area contributed by atoms with Crippen molar-refractivity contribution in [2.24, 2.45) is 0 Å². The molecule has 2 aliphatic heterocycles. The van der Waals surface area contributed by atoms with E-state index >= 15 is 0 Å². The van der Waals surface area contributed by atoms with Crippen molar-refractivity contribution >= 4 is 11.9 Å². The van der Waals surface area contributed by atoms with Gasteiger partial charge in [-0.25, -0.2) is 4.39 Å². The van der Waals surface area contributed by atoms with E-state index in [0.717, 1.165) is 19.6 Å². The molecule has 0 atom stereocenters. The Morgan fingerprint density at radius 3 is 2.65 bits per heavy atom. The van der Waals surface area contributed by atoms with Crippen LogP contribution in [0.3, 0.4) is 0 Å². The second kappa shape index (κ2) is 9.80. The molecule has 2 aromatic rings. The monoisotopic (exact) mass is 429 g/mol. The molecule has 0 aromatic heterocycles. The van der Waals surface area contributed by atoms with Crippen LogP contribution >= 0.6 is 0 Å². The van der Waals surface area contributed by atoms with Gasteiger partial charge < -0.3 is 23.7 Å². The fourth-order valence-corrected chi connectivity index (χ4v) is 3.39. The van der Waals surface area contributed by atoms with Crippen molar-refractivity contribution in [1.82, 2.24) is 4.90 Å². The van der Waals surface area contributed by atoms with Gasteiger partial charge in [0, 0.05) is 25.7 Å². The van der Waals surface area contributed by atoms with Crippen LogP contribution in [0.15, 0.2) is 36.4 Å². The number of hydrogen-bond acceptors (Lipinski definition) is 7. The molecule has 0 aliphatic carbocycles. The minimum Gasteiger partial charge on any atom is -0.494 e. The van der Waals surface area contributed by atoms with Crippen LogP contribution in [0.5, 0.6) is 23.0 Å². The maximum atomic E-state index is 13.9. The second-order valence-corrected chi connectivity index (χ2v) is 7.10. The molecule has 31 heavy (non-hydrogen) atoms. The van der Waals surface area contributed by atoms with E-state index in [2.05, 4.69) is 4.90 Å². The number of methoxy groups -OCH3 is 1. The first-order valence-electron chi connectivity index (χ1n) is 10.1. The smallest absolute Gasteiger partial charge is 0.231 e. The molecular formula is C23H24FNO6. The Bertz CT molecular complexity index is 971. The molecule has 0 N–H and O–H groups in total. The Hall–Kier alpha value is -3.10. The molecule has 0 bridgehead atoms. The van der Waals surface area contributed by atoms with Crippen LogP contribution in [0.2, 0.25) is 0 Å². The highest BCUT2D eigenvalue weighted by Gasteiger charge is 2.21. The average molecular weight is 429 g/mol. The number of rotatable bonds is 8. The highest BCUT2D eigenvalue weighted by Crippen LogP contribution is 2.38. The number of benzene rings is 2. The molecule has 4 rings (SSSR count). The van der Waals surface area contributed by atoms with E-state index in [0.29, 0.717) is 48.2 Å². The molecule has 7 nitrogen and oxygen atoms in total. The van der Waals surface area contributed by atoms with Gasteiger partial charge in [-0.3, -0.25) is 9.69 Å². The SMILES string of the molecule is COc1ccc(/C=C/C(=O)c2cc3c(cc2OCCN2CCOCC2)OCO3)cc1F. The summed E-state index contributed by atoms with van der Waals surface area (Å²) in [6.07, 6.45) is 2.93. The van der Waals surface area contributed by atoms with Crippen LogP contribution in [-0.4, -0.2) is 64.0 Å². The Morgan fingerprint density at radius 2 is 1.90 bits per heavy atom. The van der Waals surface area contributed by atoms with Crippen LogP contribution < -0.4 is 18.9 Å². The van der Waals surface area contributed by atoms with E-state index < -0.39 is 5.82 Å². The summed E-state index contributed by atoms with van der Waals surface area (Å²) in [5.74, 6) is 0.832. The highest BCUT2D eigenvalue weighted by molar-refractivity contribution is 6.09. The quantitative estimate of drug-likeness (QED) is 0.472. The predicted molar refractivity (Wildman–Crippen MR) is 112 cm³/mol. The lowest BCUT2D eigenvalue weighted by Crippen LogP contribution is -2.38. The maximum Gasteiger partial charge on any atom is 0.231 e. The number of carbonyl (C=O) groups excluding carboxylic acids is 1. The van der Waals surface area contributed by atoms with Crippen molar-refractivity contribution in [3.63, 3.8) is 0 Å². The van der Waals surface area contributed by atoms with E-state index in [1.165, 1.54) is 25.3 Å². The third-order valence-electron chi connectivity index (χ3n) is 5.11. The van der Waals surface area contributed by atoms with E-state index in [1.54, 1.807) is 24.3 Å². The van der Waals surface area contributed by atoms with Crippen LogP contribution in [0.1, 0.15) is 15.9 Å². The molecule has 2 heterocycles. The van der Waals surface area contributed by atoms with Crippen molar-refractivity contribution in [2.45, 2.75) is 0 Å². The van der Waals surface area contributed by atoms with E-state index in [-0.39, 0.29) is 18.3 Å². The number of carbonyl (C=O) groups is 1. The zero-order valence-electron chi connectivity index (χ0n) is 17.3. The van der Waals surface area contributed by atoms with Crippen molar-refractivity contribution in [1.29, 1.82) is 0 Å². The molecular weight excluding hydrogens is 405 g/mol. The van der Waals surface area contributed by atoms with Crippen molar-refractivity contribution < 1.29 is 32.9 Å². The first-order chi connectivity index (χ1) is 15.1. The largest absolute Gasteiger partial charge is 0.494 e. The third kappa shape index (κ3) is 5.15. The van der Waals surface area contributed by atoms with Crippen molar-refractivity contribution in [2.75, 3.05) is 53.4 Å². The number of hydrogen-bond donors (Lipinski definition) is 0. The Morgan fingerprint density at radius 1 is 1.13 bits per heavy atom. The van der Waals surface area contributed by atoms with Gasteiger partial charge >= 0.3 is 0 Å². The summed E-state index contributed by atoms with van der Waals surface area (Å²) in [5.41, 5.74) is 0.902. The minimum atomic E-state index is -0.493. The van der Waals surface area contributed by atoms with Gasteiger partial charge in [-0.05, 0) is 29.8 Å². The summed E-state index contributed by atoms with van der Waals surface area (Å²) in [6, 6.07) is 7.79. The number of halogens is 1. The Kier molecular flexibility index (Phi) is 6.69. The molecule has 1 fully saturated rings. The Balaban J connectivity index is 1.49. The van der Waals surface area contributed by atoms with E-state index in [9.17, 15) is 9.18 Å². The summed E-state index contributed by atoms with van der Waals surface area (Å²) < 4.78 is 40.9. The molecule has 0 spiro atoms. The third-order valence-corrected chi connectivity index (χ3v) is 5.11. The standard InChI is InChI=1S/C23H24FNO6/c1-27-20-5-3-16(12-18(20)24)2-4-19(26)17-13-22-23(31-15-30-22)14-21(17)29-11-8-25-6-9-28-10-7-25/h2-5,12-14H,6-11,15H2,1H3/b4-2+. The number of nitrogens with zero attached hydrogens (tertiary/aromatic N) is 1. The summed E-state index contributed by atoms with van der Waals surface area (Å²) >= 11 is 0. The number of allylic oxidation sites excluding steroid dienone is 1. The van der Waals surface area contributed by atoms with E-state index in [4.69, 9.17) is 23.7 Å². The van der Waals surface area contributed by atoms with Gasteiger partial charge in [0.15, 0.2) is 28.8 Å². The van der Waals surface area contributed by atoms with Gasteiger partial charge in [-0.15, -0.1) is 0 Å². The topological polar surface area (TPSA) is 66.5 Å². The predicted octanol–water partition coefficient (Wildman–Crippen LogP) is 3.17. The fraction of sp³-hybridized carbons (Fsp3) is 0.348. The number of fused-ring (bicyclic) bond motifs is 1. The van der Waals surface area contributed by atoms with Gasteiger partial charge in [0.25, 0.3) is 0 Å². The van der Waals surface area contributed by atoms with E-state index in [1.807, 2.05) is 0 Å². The molecule has 0 unspecified atom stereocenters. The molecule has 2 aliphatic rings. The van der Waals surface area contributed by atoms with Gasteiger partial charge in [0.05, 0.1) is 25.9 Å². The van der Waals surface area contributed by atoms with Crippen molar-refractivity contribution in [3.05, 3.63) is 53.4 Å². The molecule has 0 radical (unpaired) electrons. The highest BCUT2D eigenvalue weighted by atomic mass is 19.1. The summed E-state index contributed by atoms with van der Waals surface area (Å²) in [6.45, 7) is 4.39.